The van der Waals surface area contributed by atoms with Crippen LogP contribution in [0.5, 0.6) is 0 Å². The van der Waals surface area contributed by atoms with E-state index in [-0.39, 0.29) is 5.54 Å². The van der Waals surface area contributed by atoms with Gasteiger partial charge < -0.3 is 5.73 Å². The minimum atomic E-state index is -0.238. The fourth-order valence-corrected chi connectivity index (χ4v) is 4.67. The van der Waals surface area contributed by atoms with E-state index in [9.17, 15) is 0 Å². The van der Waals surface area contributed by atoms with Gasteiger partial charge >= 0.3 is 0 Å². The van der Waals surface area contributed by atoms with Crippen LogP contribution in [0.1, 0.15) is 41.5 Å². The first kappa shape index (κ1) is 12.3. The van der Waals surface area contributed by atoms with Gasteiger partial charge in [-0.15, -0.1) is 22.7 Å². The average molecular weight is 278 g/mol. The van der Waals surface area contributed by atoms with Gasteiger partial charge in [-0.05, 0) is 37.1 Å². The second-order valence-electron chi connectivity index (χ2n) is 4.91. The summed E-state index contributed by atoms with van der Waals surface area (Å²) in [6.07, 6.45) is 4.19. The molecule has 18 heavy (non-hydrogen) atoms. The SMILES string of the molecule is CCC(N)(CC)c1nc2c(s1)CCc1sccc1-2. The monoisotopic (exact) mass is 278 g/mol. The highest BCUT2D eigenvalue weighted by atomic mass is 32.1. The first-order chi connectivity index (χ1) is 8.68. The smallest absolute Gasteiger partial charge is 0.113 e. The minimum Gasteiger partial charge on any atom is -0.319 e. The zero-order valence-corrected chi connectivity index (χ0v) is 12.5. The van der Waals surface area contributed by atoms with Gasteiger partial charge in [0.2, 0.25) is 0 Å². The molecule has 0 atom stereocenters. The third-order valence-electron chi connectivity index (χ3n) is 3.96. The van der Waals surface area contributed by atoms with Crippen molar-refractivity contribution in [1.29, 1.82) is 0 Å². The van der Waals surface area contributed by atoms with Crippen LogP contribution in [0, 0.1) is 0 Å². The Balaban J connectivity index is 2.09. The van der Waals surface area contributed by atoms with Crippen LogP contribution < -0.4 is 5.73 Å². The highest BCUT2D eigenvalue weighted by Crippen LogP contribution is 2.41. The Labute approximate surface area is 116 Å². The number of nitrogens with zero attached hydrogens (tertiary/aromatic N) is 1. The van der Waals surface area contributed by atoms with Crippen molar-refractivity contribution in [3.05, 3.63) is 26.2 Å². The Kier molecular flexibility index (Phi) is 3.04. The number of thiazole rings is 1. The van der Waals surface area contributed by atoms with E-state index >= 15 is 0 Å². The number of hydrogen-bond donors (Lipinski definition) is 1. The second kappa shape index (κ2) is 4.44. The average Bonchev–Trinajstić information content (AvgIpc) is 3.02. The fourth-order valence-electron chi connectivity index (χ4n) is 2.47. The van der Waals surface area contributed by atoms with Crippen LogP contribution in [0.3, 0.4) is 0 Å². The molecule has 0 unspecified atom stereocenters. The summed E-state index contributed by atoms with van der Waals surface area (Å²) in [6.45, 7) is 4.31. The number of fused-ring (bicyclic) bond motifs is 3. The second-order valence-corrected chi connectivity index (χ2v) is 7.00. The van der Waals surface area contributed by atoms with Gasteiger partial charge in [0, 0.05) is 15.3 Å². The van der Waals surface area contributed by atoms with E-state index in [0.717, 1.165) is 30.7 Å². The number of aromatic nitrogens is 1. The van der Waals surface area contributed by atoms with Gasteiger partial charge in [0.05, 0.1) is 11.2 Å². The molecule has 2 nitrogen and oxygen atoms in total. The third-order valence-corrected chi connectivity index (χ3v) is 6.28. The van der Waals surface area contributed by atoms with Gasteiger partial charge in [-0.2, -0.15) is 0 Å². The van der Waals surface area contributed by atoms with Crippen molar-refractivity contribution in [3.8, 4) is 11.3 Å². The van der Waals surface area contributed by atoms with E-state index in [4.69, 9.17) is 10.7 Å². The first-order valence-electron chi connectivity index (χ1n) is 6.53. The van der Waals surface area contributed by atoms with Gasteiger partial charge in [-0.25, -0.2) is 4.98 Å². The number of nitrogens with two attached hydrogens (primary N) is 1. The van der Waals surface area contributed by atoms with E-state index in [2.05, 4.69) is 25.3 Å². The van der Waals surface area contributed by atoms with Gasteiger partial charge in [0.1, 0.15) is 5.01 Å². The summed E-state index contributed by atoms with van der Waals surface area (Å²) >= 11 is 3.68. The Morgan fingerprint density at radius 3 is 2.72 bits per heavy atom. The van der Waals surface area contributed by atoms with Crippen LogP contribution in [0.2, 0.25) is 0 Å². The van der Waals surface area contributed by atoms with Crippen molar-refractivity contribution >= 4 is 22.7 Å². The van der Waals surface area contributed by atoms with Crippen LogP contribution in [0.15, 0.2) is 11.4 Å². The highest BCUT2D eigenvalue weighted by molar-refractivity contribution is 7.12. The molecule has 2 heterocycles. The lowest BCUT2D eigenvalue weighted by Gasteiger charge is -2.23. The molecule has 0 saturated carbocycles. The van der Waals surface area contributed by atoms with E-state index in [0.29, 0.717) is 0 Å². The van der Waals surface area contributed by atoms with E-state index < -0.39 is 0 Å². The molecule has 0 saturated heterocycles. The summed E-state index contributed by atoms with van der Waals surface area (Å²) in [4.78, 5) is 7.78. The summed E-state index contributed by atoms with van der Waals surface area (Å²) in [5.41, 5.74) is 8.79. The molecule has 0 amide bonds. The fraction of sp³-hybridized carbons (Fsp3) is 0.500. The van der Waals surface area contributed by atoms with Gasteiger partial charge in [-0.3, -0.25) is 0 Å². The standard InChI is InChI=1S/C14H18N2S2/c1-3-14(15,4-2)13-16-12-9-7-8-17-10(9)5-6-11(12)18-13/h7-8H,3-6,15H2,1-2H3. The van der Waals surface area contributed by atoms with Crippen LogP contribution in [-0.2, 0) is 18.4 Å². The highest BCUT2D eigenvalue weighted by Gasteiger charge is 2.30. The zero-order valence-electron chi connectivity index (χ0n) is 10.8. The number of aryl methyl sites for hydroxylation is 2. The molecule has 0 fully saturated rings. The maximum atomic E-state index is 6.48. The van der Waals surface area contributed by atoms with Crippen LogP contribution >= 0.6 is 22.7 Å². The number of rotatable bonds is 3. The maximum absolute atomic E-state index is 6.48. The summed E-state index contributed by atoms with van der Waals surface area (Å²) in [7, 11) is 0. The Morgan fingerprint density at radius 1 is 1.28 bits per heavy atom. The van der Waals surface area contributed by atoms with Crippen molar-refractivity contribution < 1.29 is 0 Å². The third kappa shape index (κ3) is 1.75. The molecule has 0 aromatic carbocycles. The van der Waals surface area contributed by atoms with Crippen molar-refractivity contribution in [1.82, 2.24) is 4.98 Å². The molecule has 0 aliphatic heterocycles. The molecule has 1 aliphatic rings. The molecule has 4 heteroatoms. The van der Waals surface area contributed by atoms with E-state index in [1.54, 1.807) is 0 Å². The lowest BCUT2D eigenvalue weighted by molar-refractivity contribution is 0.411. The van der Waals surface area contributed by atoms with Gasteiger partial charge in [0.25, 0.3) is 0 Å². The molecule has 1 aliphatic carbocycles. The predicted octanol–water partition coefficient (Wildman–Crippen LogP) is 3.94. The first-order valence-corrected chi connectivity index (χ1v) is 8.23. The summed E-state index contributed by atoms with van der Waals surface area (Å²) in [5, 5.41) is 3.30. The lowest BCUT2D eigenvalue weighted by Crippen LogP contribution is -2.34. The molecule has 2 aromatic rings. The molecular weight excluding hydrogens is 260 g/mol. The zero-order chi connectivity index (χ0) is 12.8. The number of thiophene rings is 1. The molecule has 2 N–H and O–H groups in total. The normalized spacial score (nSPS) is 14.4. The molecule has 2 aromatic heterocycles. The lowest BCUT2D eigenvalue weighted by atomic mass is 9.95. The predicted molar refractivity (Wildman–Crippen MR) is 79.3 cm³/mol. The summed E-state index contributed by atoms with van der Waals surface area (Å²) in [5.74, 6) is 0. The molecule has 3 rings (SSSR count). The Hall–Kier alpha value is -0.710. The van der Waals surface area contributed by atoms with E-state index in [1.807, 2.05) is 22.7 Å². The van der Waals surface area contributed by atoms with Crippen molar-refractivity contribution in [3.63, 3.8) is 0 Å². The molecule has 96 valence electrons. The number of hydrogen-bond acceptors (Lipinski definition) is 4. The molecule has 0 bridgehead atoms. The largest absolute Gasteiger partial charge is 0.319 e. The van der Waals surface area contributed by atoms with Crippen molar-refractivity contribution in [2.45, 2.75) is 45.1 Å². The minimum absolute atomic E-state index is 0.238. The Morgan fingerprint density at radius 2 is 2.00 bits per heavy atom. The topological polar surface area (TPSA) is 38.9 Å². The Bertz CT molecular complexity index is 564. The molecular formula is C14H18N2S2. The molecule has 0 spiro atoms. The maximum Gasteiger partial charge on any atom is 0.113 e. The van der Waals surface area contributed by atoms with Crippen LogP contribution in [-0.4, -0.2) is 4.98 Å². The quantitative estimate of drug-likeness (QED) is 0.923. The van der Waals surface area contributed by atoms with Crippen LogP contribution in [0.25, 0.3) is 11.3 Å². The van der Waals surface area contributed by atoms with Crippen LogP contribution in [0.4, 0.5) is 0 Å². The summed E-state index contributed by atoms with van der Waals surface area (Å²) in [6, 6.07) is 2.21. The molecule has 0 radical (unpaired) electrons. The summed E-state index contributed by atoms with van der Waals surface area (Å²) < 4.78 is 0. The van der Waals surface area contributed by atoms with Gasteiger partial charge in [-0.1, -0.05) is 13.8 Å². The van der Waals surface area contributed by atoms with E-state index in [1.165, 1.54) is 21.0 Å². The van der Waals surface area contributed by atoms with Gasteiger partial charge in [0.15, 0.2) is 0 Å². The van der Waals surface area contributed by atoms with Crippen molar-refractivity contribution in [2.24, 2.45) is 5.73 Å². The van der Waals surface area contributed by atoms with Crippen molar-refractivity contribution in [2.75, 3.05) is 0 Å².